The number of nitrogen functional groups attached to an aromatic ring is 1. The fourth-order valence-electron chi connectivity index (χ4n) is 2.61. The summed E-state index contributed by atoms with van der Waals surface area (Å²) in [5, 5.41) is 3.22. The van der Waals surface area contributed by atoms with Gasteiger partial charge in [0, 0.05) is 13.2 Å². The van der Waals surface area contributed by atoms with Crippen LogP contribution in [0, 0.1) is 0 Å². The number of unbranched alkanes of at least 4 members (excludes halogenated alkanes) is 1. The highest BCUT2D eigenvalue weighted by Crippen LogP contribution is 2.31. The van der Waals surface area contributed by atoms with Gasteiger partial charge in [-0.2, -0.15) is 9.97 Å². The smallest absolute Gasteiger partial charge is 0.226 e. The van der Waals surface area contributed by atoms with E-state index >= 15 is 0 Å². The van der Waals surface area contributed by atoms with Crippen LogP contribution < -0.4 is 11.1 Å². The van der Waals surface area contributed by atoms with Crippen molar-refractivity contribution in [1.82, 2.24) is 19.5 Å². The molecule has 0 bridgehead atoms. The normalized spacial score (nSPS) is 18.7. The summed E-state index contributed by atoms with van der Waals surface area (Å²) in [5.74, 6) is 0.933. The summed E-state index contributed by atoms with van der Waals surface area (Å²) in [6.07, 6.45) is 5.32. The van der Waals surface area contributed by atoms with Gasteiger partial charge in [0.15, 0.2) is 21.7 Å². The number of imidazole rings is 1. The number of nitrogens with one attached hydrogen (secondary N) is 1. The van der Waals surface area contributed by atoms with Gasteiger partial charge in [0.25, 0.3) is 0 Å². The van der Waals surface area contributed by atoms with E-state index in [9.17, 15) is 0 Å². The van der Waals surface area contributed by atoms with Crippen molar-refractivity contribution in [2.24, 2.45) is 0 Å². The highest BCUT2D eigenvalue weighted by molar-refractivity contribution is 9.10. The molecule has 1 saturated heterocycles. The second-order valence-corrected chi connectivity index (χ2v) is 6.17. The Kier molecular flexibility index (Phi) is 4.77. The fourth-order valence-corrected chi connectivity index (χ4v) is 3.18. The standard InChI is InChI=1S/C14H21BrN6O/c1-2-3-7-17-14-19-11(16)10-12(20-14)21(13(15)18-10)9-6-4-5-8-22-9/h9H,2-8H2,1H3,(H3,16,17,19,20). The van der Waals surface area contributed by atoms with Crippen molar-refractivity contribution in [3.05, 3.63) is 4.73 Å². The maximum Gasteiger partial charge on any atom is 0.226 e. The van der Waals surface area contributed by atoms with E-state index in [-0.39, 0.29) is 6.23 Å². The van der Waals surface area contributed by atoms with E-state index in [0.29, 0.717) is 27.7 Å². The quantitative estimate of drug-likeness (QED) is 0.622. The van der Waals surface area contributed by atoms with Crippen LogP contribution in [0.2, 0.25) is 0 Å². The van der Waals surface area contributed by atoms with Crippen LogP contribution in [0.1, 0.15) is 45.3 Å². The predicted octanol–water partition coefficient (Wildman–Crippen LogP) is 3.08. The van der Waals surface area contributed by atoms with E-state index in [1.807, 2.05) is 4.57 Å². The van der Waals surface area contributed by atoms with Gasteiger partial charge in [-0.05, 0) is 41.6 Å². The molecule has 0 saturated carbocycles. The van der Waals surface area contributed by atoms with Crippen LogP contribution >= 0.6 is 15.9 Å². The molecule has 8 heteroatoms. The molecule has 0 radical (unpaired) electrons. The zero-order valence-corrected chi connectivity index (χ0v) is 14.3. The lowest BCUT2D eigenvalue weighted by atomic mass is 10.2. The Morgan fingerprint density at radius 1 is 1.36 bits per heavy atom. The molecule has 0 spiro atoms. The molecule has 1 atom stereocenters. The van der Waals surface area contributed by atoms with Gasteiger partial charge >= 0.3 is 0 Å². The molecule has 120 valence electrons. The zero-order valence-electron chi connectivity index (χ0n) is 12.7. The average molecular weight is 369 g/mol. The summed E-state index contributed by atoms with van der Waals surface area (Å²) in [4.78, 5) is 13.3. The van der Waals surface area contributed by atoms with Crippen molar-refractivity contribution < 1.29 is 4.74 Å². The summed E-state index contributed by atoms with van der Waals surface area (Å²) < 4.78 is 8.51. The monoisotopic (exact) mass is 368 g/mol. The Bertz CT molecular complexity index is 652. The second-order valence-electron chi connectivity index (χ2n) is 5.46. The average Bonchev–Trinajstić information content (AvgIpc) is 2.85. The minimum Gasteiger partial charge on any atom is -0.382 e. The van der Waals surface area contributed by atoms with Gasteiger partial charge < -0.3 is 15.8 Å². The molecule has 3 heterocycles. The number of aromatic nitrogens is 4. The number of halogens is 1. The van der Waals surface area contributed by atoms with Crippen molar-refractivity contribution >= 4 is 38.9 Å². The largest absolute Gasteiger partial charge is 0.382 e. The van der Waals surface area contributed by atoms with Crippen molar-refractivity contribution in [2.75, 3.05) is 24.2 Å². The van der Waals surface area contributed by atoms with Crippen LogP contribution in [-0.2, 0) is 4.74 Å². The molecule has 1 aliphatic rings. The molecule has 7 nitrogen and oxygen atoms in total. The number of hydrogen-bond donors (Lipinski definition) is 2. The summed E-state index contributed by atoms with van der Waals surface area (Å²) in [6, 6.07) is 0. The van der Waals surface area contributed by atoms with Gasteiger partial charge in [0.1, 0.15) is 6.23 Å². The maximum atomic E-state index is 6.04. The minimum absolute atomic E-state index is 0.0501. The zero-order chi connectivity index (χ0) is 15.5. The third-order valence-corrected chi connectivity index (χ3v) is 4.34. The van der Waals surface area contributed by atoms with Crippen molar-refractivity contribution in [1.29, 1.82) is 0 Å². The lowest BCUT2D eigenvalue weighted by Gasteiger charge is -2.24. The van der Waals surface area contributed by atoms with Crippen LogP contribution in [0.25, 0.3) is 11.2 Å². The Labute approximate surface area is 137 Å². The molecular formula is C14H21BrN6O. The SMILES string of the molecule is CCCCNc1nc(N)c2nc(Br)n(C3CCCCO3)c2n1. The Hall–Kier alpha value is -1.41. The predicted molar refractivity (Wildman–Crippen MR) is 89.7 cm³/mol. The highest BCUT2D eigenvalue weighted by atomic mass is 79.9. The molecule has 1 aliphatic heterocycles. The van der Waals surface area contributed by atoms with Gasteiger partial charge in [-0.1, -0.05) is 13.3 Å². The molecule has 1 fully saturated rings. The molecule has 0 aliphatic carbocycles. The highest BCUT2D eigenvalue weighted by Gasteiger charge is 2.23. The van der Waals surface area contributed by atoms with Gasteiger partial charge in [0.05, 0.1) is 0 Å². The molecule has 3 N–H and O–H groups in total. The van der Waals surface area contributed by atoms with E-state index < -0.39 is 0 Å². The molecule has 1 unspecified atom stereocenters. The van der Waals surface area contributed by atoms with Gasteiger partial charge in [-0.3, -0.25) is 4.57 Å². The lowest BCUT2D eigenvalue weighted by molar-refractivity contribution is -0.0311. The third kappa shape index (κ3) is 3.03. The van der Waals surface area contributed by atoms with Crippen molar-refractivity contribution in [3.63, 3.8) is 0 Å². The Morgan fingerprint density at radius 2 is 2.23 bits per heavy atom. The first kappa shape index (κ1) is 15.5. The first-order chi connectivity index (χ1) is 10.7. The van der Waals surface area contributed by atoms with E-state index in [1.54, 1.807) is 0 Å². The second kappa shape index (κ2) is 6.78. The third-order valence-electron chi connectivity index (χ3n) is 3.78. The number of rotatable bonds is 5. The minimum atomic E-state index is -0.0501. The molecule has 22 heavy (non-hydrogen) atoms. The van der Waals surface area contributed by atoms with E-state index in [0.717, 1.165) is 45.3 Å². The topological polar surface area (TPSA) is 90.9 Å². The number of hydrogen-bond acceptors (Lipinski definition) is 6. The maximum absolute atomic E-state index is 6.04. The first-order valence-electron chi connectivity index (χ1n) is 7.77. The number of anilines is 2. The fraction of sp³-hybridized carbons (Fsp3) is 0.643. The summed E-state index contributed by atoms with van der Waals surface area (Å²) in [5.41, 5.74) is 7.37. The molecule has 3 rings (SSSR count). The van der Waals surface area contributed by atoms with Crippen LogP contribution in [0.5, 0.6) is 0 Å². The van der Waals surface area contributed by atoms with Gasteiger partial charge in [-0.25, -0.2) is 4.98 Å². The molecular weight excluding hydrogens is 348 g/mol. The number of ether oxygens (including phenoxy) is 1. The Balaban J connectivity index is 1.98. The first-order valence-corrected chi connectivity index (χ1v) is 8.56. The van der Waals surface area contributed by atoms with Crippen LogP contribution in [0.3, 0.4) is 0 Å². The lowest BCUT2D eigenvalue weighted by Crippen LogP contribution is -2.19. The number of nitrogens with two attached hydrogens (primary N) is 1. The number of nitrogens with zero attached hydrogens (tertiary/aromatic N) is 4. The van der Waals surface area contributed by atoms with Crippen LogP contribution in [0.15, 0.2) is 4.73 Å². The molecule has 0 amide bonds. The van der Waals surface area contributed by atoms with Gasteiger partial charge in [0.2, 0.25) is 5.95 Å². The van der Waals surface area contributed by atoms with Crippen molar-refractivity contribution in [3.8, 4) is 0 Å². The molecule has 2 aromatic rings. The summed E-state index contributed by atoms with van der Waals surface area (Å²) in [6.45, 7) is 3.74. The molecule has 2 aromatic heterocycles. The van der Waals surface area contributed by atoms with E-state index in [2.05, 4.69) is 43.1 Å². The number of fused-ring (bicyclic) bond motifs is 1. The molecule has 0 aromatic carbocycles. The van der Waals surface area contributed by atoms with Crippen molar-refractivity contribution in [2.45, 2.75) is 45.3 Å². The van der Waals surface area contributed by atoms with Crippen LogP contribution in [-0.4, -0.2) is 32.7 Å². The summed E-state index contributed by atoms with van der Waals surface area (Å²) in [7, 11) is 0. The van der Waals surface area contributed by atoms with E-state index in [4.69, 9.17) is 10.5 Å². The van der Waals surface area contributed by atoms with Gasteiger partial charge in [-0.15, -0.1) is 0 Å². The van der Waals surface area contributed by atoms with Crippen LogP contribution in [0.4, 0.5) is 11.8 Å². The van der Waals surface area contributed by atoms with E-state index in [1.165, 1.54) is 0 Å². The Morgan fingerprint density at radius 3 is 2.95 bits per heavy atom. The summed E-state index contributed by atoms with van der Waals surface area (Å²) >= 11 is 3.50.